The molecule has 30 heavy (non-hydrogen) atoms. The number of hydrogen-bond donors (Lipinski definition) is 0. The van der Waals surface area contributed by atoms with Crippen molar-refractivity contribution in [2.75, 3.05) is 33.1 Å². The molecule has 0 spiro atoms. The summed E-state index contributed by atoms with van der Waals surface area (Å²) < 4.78 is 41.3. The minimum absolute atomic E-state index is 0.0777. The van der Waals surface area contributed by atoms with Crippen molar-refractivity contribution in [1.29, 1.82) is 0 Å². The van der Waals surface area contributed by atoms with Gasteiger partial charge < -0.3 is 14.2 Å². The summed E-state index contributed by atoms with van der Waals surface area (Å²) in [5.74, 6) is 0.759. The molecule has 10 heteroatoms. The lowest BCUT2D eigenvalue weighted by atomic mass is 9.98. The van der Waals surface area contributed by atoms with E-state index in [1.807, 2.05) is 23.6 Å². The summed E-state index contributed by atoms with van der Waals surface area (Å²) in [5, 5.41) is 2.65. The first-order chi connectivity index (χ1) is 14.4. The van der Waals surface area contributed by atoms with Gasteiger partial charge in [-0.3, -0.25) is 4.79 Å². The quantitative estimate of drug-likeness (QED) is 0.566. The zero-order chi connectivity index (χ0) is 21.7. The number of benzene rings is 1. The average molecular weight is 455 g/mol. The van der Waals surface area contributed by atoms with Crippen molar-refractivity contribution in [3.8, 4) is 22.1 Å². The van der Waals surface area contributed by atoms with Crippen LogP contribution in [0.1, 0.15) is 25.5 Å². The highest BCUT2D eigenvalue weighted by molar-refractivity contribution is 7.89. The monoisotopic (exact) mass is 454 g/mol. The molecule has 0 saturated carbocycles. The maximum Gasteiger partial charge on any atom is 0.309 e. The van der Waals surface area contributed by atoms with Gasteiger partial charge >= 0.3 is 5.97 Å². The molecule has 0 aliphatic carbocycles. The van der Waals surface area contributed by atoms with Gasteiger partial charge in [0.15, 0.2) is 11.5 Å². The van der Waals surface area contributed by atoms with Gasteiger partial charge in [-0.1, -0.05) is 0 Å². The van der Waals surface area contributed by atoms with Gasteiger partial charge in [0.1, 0.15) is 11.6 Å². The number of aromatic nitrogens is 1. The lowest BCUT2D eigenvalue weighted by molar-refractivity contribution is -0.151. The van der Waals surface area contributed by atoms with Gasteiger partial charge in [0.25, 0.3) is 0 Å². The van der Waals surface area contributed by atoms with Crippen molar-refractivity contribution in [1.82, 2.24) is 9.29 Å². The Labute approximate surface area is 180 Å². The SMILES string of the molecule is CCS(=O)(=O)N1CCC(C(=O)OCc2csc(-c3ccc(OC)c(OC)c3)n2)CC1. The Bertz CT molecular complexity index is 981. The number of ether oxygens (including phenoxy) is 3. The van der Waals surface area contributed by atoms with E-state index in [2.05, 4.69) is 4.98 Å². The summed E-state index contributed by atoms with van der Waals surface area (Å²) in [6.07, 6.45) is 0.956. The molecule has 2 aromatic rings. The van der Waals surface area contributed by atoms with Crippen molar-refractivity contribution >= 4 is 27.3 Å². The molecule has 8 nitrogen and oxygen atoms in total. The fourth-order valence-electron chi connectivity index (χ4n) is 3.29. The second-order valence-corrected chi connectivity index (χ2v) is 10.0. The number of methoxy groups -OCH3 is 2. The van der Waals surface area contributed by atoms with E-state index in [0.29, 0.717) is 43.1 Å². The lowest BCUT2D eigenvalue weighted by Crippen LogP contribution is -2.41. The van der Waals surface area contributed by atoms with Gasteiger partial charge in [0.05, 0.1) is 31.6 Å². The number of sulfonamides is 1. The summed E-state index contributed by atoms with van der Waals surface area (Å²) in [6, 6.07) is 5.57. The zero-order valence-corrected chi connectivity index (χ0v) is 18.9. The van der Waals surface area contributed by atoms with Gasteiger partial charge in [-0.15, -0.1) is 11.3 Å². The summed E-state index contributed by atoms with van der Waals surface area (Å²) in [4.78, 5) is 16.9. The van der Waals surface area contributed by atoms with E-state index in [0.717, 1.165) is 10.6 Å². The van der Waals surface area contributed by atoms with Crippen LogP contribution in [0.5, 0.6) is 11.5 Å². The maximum absolute atomic E-state index is 12.4. The van der Waals surface area contributed by atoms with Crippen LogP contribution in [0.3, 0.4) is 0 Å². The Morgan fingerprint density at radius 3 is 2.53 bits per heavy atom. The average Bonchev–Trinajstić information content (AvgIpc) is 3.26. The van der Waals surface area contributed by atoms with Gasteiger partial charge in [0, 0.05) is 24.0 Å². The van der Waals surface area contributed by atoms with Gasteiger partial charge in [0.2, 0.25) is 10.0 Å². The van der Waals surface area contributed by atoms with Crippen LogP contribution in [-0.2, 0) is 26.2 Å². The Morgan fingerprint density at radius 1 is 1.20 bits per heavy atom. The maximum atomic E-state index is 12.4. The molecule has 1 fully saturated rings. The molecule has 2 heterocycles. The molecule has 0 radical (unpaired) electrons. The summed E-state index contributed by atoms with van der Waals surface area (Å²) >= 11 is 1.46. The van der Waals surface area contributed by atoms with E-state index in [1.54, 1.807) is 21.1 Å². The summed E-state index contributed by atoms with van der Waals surface area (Å²) in [7, 11) is -0.0399. The number of piperidine rings is 1. The lowest BCUT2D eigenvalue weighted by Gasteiger charge is -2.29. The van der Waals surface area contributed by atoms with E-state index in [-0.39, 0.29) is 24.2 Å². The smallest absolute Gasteiger partial charge is 0.309 e. The van der Waals surface area contributed by atoms with E-state index in [9.17, 15) is 13.2 Å². The summed E-state index contributed by atoms with van der Waals surface area (Å²) in [5.41, 5.74) is 1.56. The zero-order valence-electron chi connectivity index (χ0n) is 17.3. The third-order valence-corrected chi connectivity index (χ3v) is 7.91. The molecule has 0 bridgehead atoms. The van der Waals surface area contributed by atoms with Crippen molar-refractivity contribution in [2.24, 2.45) is 5.92 Å². The number of rotatable bonds is 8. The third kappa shape index (κ3) is 5.11. The molecule has 0 atom stereocenters. The van der Waals surface area contributed by atoms with Crippen LogP contribution in [0, 0.1) is 5.92 Å². The first-order valence-electron chi connectivity index (χ1n) is 9.69. The number of carbonyl (C=O) groups excluding carboxylic acids is 1. The first-order valence-corrected chi connectivity index (χ1v) is 12.2. The fourth-order valence-corrected chi connectivity index (χ4v) is 5.22. The molecule has 0 N–H and O–H groups in total. The molecule has 1 aromatic carbocycles. The van der Waals surface area contributed by atoms with Crippen LogP contribution in [0.25, 0.3) is 10.6 Å². The first kappa shape index (κ1) is 22.5. The predicted octanol–water partition coefficient (Wildman–Crippen LogP) is 2.93. The molecular weight excluding hydrogens is 428 g/mol. The van der Waals surface area contributed by atoms with E-state index >= 15 is 0 Å². The molecule has 0 amide bonds. The van der Waals surface area contributed by atoms with Crippen LogP contribution in [-0.4, -0.2) is 56.7 Å². The number of esters is 1. The van der Waals surface area contributed by atoms with Crippen molar-refractivity contribution in [3.63, 3.8) is 0 Å². The van der Waals surface area contributed by atoms with Crippen LogP contribution in [0.15, 0.2) is 23.6 Å². The standard InChI is InChI=1S/C20H26N2O6S2/c1-4-30(24,25)22-9-7-14(8-10-22)20(23)28-12-16-13-29-19(21-16)15-5-6-17(26-2)18(11-15)27-3/h5-6,11,13-14H,4,7-10,12H2,1-3H3. The Kier molecular flexibility index (Phi) is 7.32. The van der Waals surface area contributed by atoms with Crippen molar-refractivity contribution < 1.29 is 27.4 Å². The van der Waals surface area contributed by atoms with Crippen LogP contribution in [0.4, 0.5) is 0 Å². The fraction of sp³-hybridized carbons (Fsp3) is 0.500. The number of hydrogen-bond acceptors (Lipinski definition) is 8. The topological polar surface area (TPSA) is 95.0 Å². The molecule has 164 valence electrons. The molecule has 3 rings (SSSR count). The Balaban J connectivity index is 1.55. The molecule has 1 aromatic heterocycles. The van der Waals surface area contributed by atoms with Gasteiger partial charge in [-0.2, -0.15) is 0 Å². The van der Waals surface area contributed by atoms with Crippen molar-refractivity contribution in [3.05, 3.63) is 29.3 Å². The molecule has 1 aliphatic rings. The highest BCUT2D eigenvalue weighted by atomic mass is 32.2. The second kappa shape index (κ2) is 9.76. The highest BCUT2D eigenvalue weighted by Gasteiger charge is 2.31. The van der Waals surface area contributed by atoms with E-state index in [4.69, 9.17) is 14.2 Å². The van der Waals surface area contributed by atoms with Crippen LogP contribution in [0.2, 0.25) is 0 Å². The molecule has 0 unspecified atom stereocenters. The second-order valence-electron chi connectivity index (χ2n) is 6.90. The minimum atomic E-state index is -3.20. The highest BCUT2D eigenvalue weighted by Crippen LogP contribution is 2.33. The summed E-state index contributed by atoms with van der Waals surface area (Å²) in [6.45, 7) is 2.43. The molecular formula is C20H26N2O6S2. The molecule has 1 aliphatic heterocycles. The van der Waals surface area contributed by atoms with E-state index in [1.165, 1.54) is 15.6 Å². The third-order valence-electron chi connectivity index (χ3n) is 5.09. The number of thiazole rings is 1. The Hall–Kier alpha value is -2.17. The molecule has 1 saturated heterocycles. The van der Waals surface area contributed by atoms with Gasteiger partial charge in [-0.05, 0) is 38.0 Å². The van der Waals surface area contributed by atoms with Gasteiger partial charge in [-0.25, -0.2) is 17.7 Å². The predicted molar refractivity (Wildman–Crippen MR) is 114 cm³/mol. The normalized spacial score (nSPS) is 15.7. The van der Waals surface area contributed by atoms with Crippen LogP contribution >= 0.6 is 11.3 Å². The van der Waals surface area contributed by atoms with Crippen LogP contribution < -0.4 is 9.47 Å². The van der Waals surface area contributed by atoms with E-state index < -0.39 is 10.0 Å². The minimum Gasteiger partial charge on any atom is -0.493 e. The van der Waals surface area contributed by atoms with Crippen molar-refractivity contribution in [2.45, 2.75) is 26.4 Å². The largest absolute Gasteiger partial charge is 0.493 e. The number of nitrogens with zero attached hydrogens (tertiary/aromatic N) is 2. The number of carbonyl (C=O) groups is 1. The Morgan fingerprint density at radius 2 is 1.90 bits per heavy atom.